The molecule has 0 spiro atoms. The Morgan fingerprint density at radius 1 is 1.44 bits per heavy atom. The second-order valence-electron chi connectivity index (χ2n) is 3.48. The van der Waals surface area contributed by atoms with Crippen LogP contribution < -0.4 is 4.72 Å². The maximum absolute atomic E-state index is 13.3. The van der Waals surface area contributed by atoms with Gasteiger partial charge in [-0.25, -0.2) is 27.5 Å². The fraction of sp³-hybridized carbons (Fsp3) is 0.200. The summed E-state index contributed by atoms with van der Waals surface area (Å²) in [6, 6.07) is 2.39. The second kappa shape index (κ2) is 5.09. The smallest absolute Gasteiger partial charge is 0.250 e. The molecular weight excluding hydrogens is 277 g/mol. The molecule has 8 heteroatoms. The molecule has 0 atom stereocenters. The molecule has 2 aromatic heterocycles. The van der Waals surface area contributed by atoms with Crippen LogP contribution >= 0.6 is 11.3 Å². The maximum atomic E-state index is 13.3. The lowest BCUT2D eigenvalue weighted by atomic mass is 10.4. The summed E-state index contributed by atoms with van der Waals surface area (Å²) >= 11 is 1.34. The Balaban J connectivity index is 2.19. The number of hydrogen-bond acceptors (Lipinski definition) is 5. The average molecular weight is 287 g/mol. The fourth-order valence-corrected chi connectivity index (χ4v) is 3.10. The van der Waals surface area contributed by atoms with Crippen LogP contribution in [-0.2, 0) is 16.6 Å². The average Bonchev–Trinajstić information content (AvgIpc) is 2.73. The van der Waals surface area contributed by atoms with Crippen LogP contribution in [0.4, 0.5) is 4.39 Å². The van der Waals surface area contributed by atoms with E-state index in [4.69, 9.17) is 0 Å². The number of pyridine rings is 1. The zero-order valence-electron chi connectivity index (χ0n) is 9.42. The minimum atomic E-state index is -3.94. The minimum Gasteiger partial charge on any atom is -0.250 e. The number of thiazole rings is 1. The Kier molecular flexibility index (Phi) is 3.69. The number of hydrogen-bond donors (Lipinski definition) is 1. The van der Waals surface area contributed by atoms with Crippen molar-refractivity contribution in [2.24, 2.45) is 0 Å². The van der Waals surface area contributed by atoms with Crippen molar-refractivity contribution >= 4 is 21.4 Å². The third kappa shape index (κ3) is 2.71. The van der Waals surface area contributed by atoms with Crippen molar-refractivity contribution in [1.29, 1.82) is 0 Å². The van der Waals surface area contributed by atoms with Gasteiger partial charge in [-0.1, -0.05) is 0 Å². The molecule has 0 saturated heterocycles. The first-order valence-corrected chi connectivity index (χ1v) is 7.36. The van der Waals surface area contributed by atoms with Crippen LogP contribution in [0, 0.1) is 12.7 Å². The minimum absolute atomic E-state index is 0.0782. The quantitative estimate of drug-likeness (QED) is 0.924. The largest absolute Gasteiger partial charge is 0.261 e. The van der Waals surface area contributed by atoms with Gasteiger partial charge in [0.05, 0.1) is 11.2 Å². The van der Waals surface area contributed by atoms with Crippen molar-refractivity contribution in [1.82, 2.24) is 14.7 Å². The van der Waals surface area contributed by atoms with Crippen LogP contribution in [-0.4, -0.2) is 18.4 Å². The third-order valence-electron chi connectivity index (χ3n) is 2.25. The first kappa shape index (κ1) is 13.1. The van der Waals surface area contributed by atoms with Gasteiger partial charge in [0.25, 0.3) is 10.0 Å². The lowest BCUT2D eigenvalue weighted by molar-refractivity contribution is 0.544. The highest BCUT2D eigenvalue weighted by Crippen LogP contribution is 2.14. The number of aryl methyl sites for hydroxylation is 1. The molecule has 5 nitrogen and oxygen atoms in total. The summed E-state index contributed by atoms with van der Waals surface area (Å²) in [6.45, 7) is 1.86. The summed E-state index contributed by atoms with van der Waals surface area (Å²) in [5, 5.41) is -0.591. The molecule has 0 aliphatic heterocycles. The first-order chi connectivity index (χ1) is 8.50. The first-order valence-electron chi connectivity index (χ1n) is 5.00. The number of sulfonamides is 1. The molecule has 0 aliphatic rings. The second-order valence-corrected chi connectivity index (χ2v) is 6.10. The number of nitrogens with one attached hydrogen (secondary N) is 1. The Hall–Kier alpha value is -1.38. The Morgan fingerprint density at radius 3 is 2.83 bits per heavy atom. The summed E-state index contributed by atoms with van der Waals surface area (Å²) in [7, 11) is -3.94. The van der Waals surface area contributed by atoms with Gasteiger partial charge in [0.2, 0.25) is 5.03 Å². The molecule has 0 fully saturated rings. The SMILES string of the molecule is Cc1ncsc1CNS(=O)(=O)c1ncccc1F. The van der Waals surface area contributed by atoms with E-state index < -0.39 is 20.9 Å². The van der Waals surface area contributed by atoms with E-state index in [9.17, 15) is 12.8 Å². The van der Waals surface area contributed by atoms with Gasteiger partial charge >= 0.3 is 0 Å². The van der Waals surface area contributed by atoms with Gasteiger partial charge in [0.1, 0.15) is 0 Å². The van der Waals surface area contributed by atoms with Crippen molar-refractivity contribution in [3.63, 3.8) is 0 Å². The normalized spacial score (nSPS) is 11.7. The van der Waals surface area contributed by atoms with E-state index in [1.807, 2.05) is 0 Å². The molecule has 0 radical (unpaired) electrons. The lowest BCUT2D eigenvalue weighted by Gasteiger charge is -2.05. The molecule has 2 heterocycles. The molecule has 0 aromatic carbocycles. The summed E-state index contributed by atoms with van der Waals surface area (Å²) in [6.07, 6.45) is 1.23. The van der Waals surface area contributed by atoms with E-state index >= 15 is 0 Å². The van der Waals surface area contributed by atoms with Crippen LogP contribution in [0.1, 0.15) is 10.6 Å². The highest BCUT2D eigenvalue weighted by molar-refractivity contribution is 7.89. The molecule has 0 saturated carbocycles. The summed E-state index contributed by atoms with van der Waals surface area (Å²) in [5.74, 6) is -0.869. The third-order valence-corrected chi connectivity index (χ3v) is 4.52. The summed E-state index contributed by atoms with van der Waals surface area (Å²) < 4.78 is 39.3. The number of halogens is 1. The predicted molar refractivity (Wildman–Crippen MR) is 65.1 cm³/mol. The highest BCUT2D eigenvalue weighted by atomic mass is 32.2. The van der Waals surface area contributed by atoms with E-state index in [0.29, 0.717) is 0 Å². The van der Waals surface area contributed by atoms with Crippen LogP contribution in [0.3, 0.4) is 0 Å². The van der Waals surface area contributed by atoms with Gasteiger partial charge in [-0.2, -0.15) is 0 Å². The number of aromatic nitrogens is 2. The van der Waals surface area contributed by atoms with Crippen molar-refractivity contribution in [3.8, 4) is 0 Å². The Morgan fingerprint density at radius 2 is 2.22 bits per heavy atom. The summed E-state index contributed by atoms with van der Waals surface area (Å²) in [5.41, 5.74) is 2.38. The summed E-state index contributed by atoms with van der Waals surface area (Å²) in [4.78, 5) is 8.32. The van der Waals surface area contributed by atoms with E-state index in [1.54, 1.807) is 12.4 Å². The molecule has 96 valence electrons. The van der Waals surface area contributed by atoms with Gasteiger partial charge in [-0.3, -0.25) is 0 Å². The van der Waals surface area contributed by atoms with E-state index in [-0.39, 0.29) is 6.54 Å². The monoisotopic (exact) mass is 287 g/mol. The topological polar surface area (TPSA) is 72.0 Å². The van der Waals surface area contributed by atoms with Crippen molar-refractivity contribution < 1.29 is 12.8 Å². The molecular formula is C10H10FN3O2S2. The van der Waals surface area contributed by atoms with Gasteiger partial charge in [-0.05, 0) is 19.1 Å². The zero-order valence-corrected chi connectivity index (χ0v) is 11.1. The zero-order chi connectivity index (χ0) is 13.2. The molecule has 18 heavy (non-hydrogen) atoms. The standard InChI is InChI=1S/C10H10FN3O2S2/c1-7-9(17-6-13-7)5-14-18(15,16)10-8(11)3-2-4-12-10/h2-4,6,14H,5H2,1H3. The van der Waals surface area contributed by atoms with Gasteiger partial charge < -0.3 is 0 Å². The van der Waals surface area contributed by atoms with Crippen molar-refractivity contribution in [3.05, 3.63) is 40.2 Å². The molecule has 1 N–H and O–H groups in total. The van der Waals surface area contributed by atoms with Crippen LogP contribution in [0.15, 0.2) is 28.9 Å². The molecule has 2 rings (SSSR count). The van der Waals surface area contributed by atoms with E-state index in [2.05, 4.69) is 14.7 Å². The molecule has 0 unspecified atom stereocenters. The van der Waals surface area contributed by atoms with E-state index in [1.165, 1.54) is 23.6 Å². The molecule has 0 bridgehead atoms. The van der Waals surface area contributed by atoms with Crippen LogP contribution in [0.2, 0.25) is 0 Å². The van der Waals surface area contributed by atoms with Crippen molar-refractivity contribution in [2.45, 2.75) is 18.5 Å². The Labute approximate surface area is 108 Å². The highest BCUT2D eigenvalue weighted by Gasteiger charge is 2.20. The molecule has 2 aromatic rings. The van der Waals surface area contributed by atoms with Gasteiger partial charge in [0.15, 0.2) is 5.82 Å². The van der Waals surface area contributed by atoms with Crippen LogP contribution in [0.25, 0.3) is 0 Å². The fourth-order valence-electron chi connectivity index (χ4n) is 1.29. The predicted octanol–water partition coefficient (Wildman–Crippen LogP) is 1.46. The van der Waals surface area contributed by atoms with Crippen molar-refractivity contribution in [2.75, 3.05) is 0 Å². The molecule has 0 aliphatic carbocycles. The van der Waals surface area contributed by atoms with Gasteiger partial charge in [-0.15, -0.1) is 11.3 Å². The number of rotatable bonds is 4. The Bertz CT molecular complexity index is 655. The van der Waals surface area contributed by atoms with Gasteiger partial charge in [0, 0.05) is 17.6 Å². The van der Waals surface area contributed by atoms with Crippen LogP contribution in [0.5, 0.6) is 0 Å². The maximum Gasteiger partial charge on any atom is 0.261 e. The lowest BCUT2D eigenvalue weighted by Crippen LogP contribution is -2.25. The number of nitrogens with zero attached hydrogens (tertiary/aromatic N) is 2. The molecule has 0 amide bonds. The van der Waals surface area contributed by atoms with E-state index in [0.717, 1.165) is 16.6 Å².